The van der Waals surface area contributed by atoms with Crippen molar-refractivity contribution in [3.63, 3.8) is 0 Å². The molecule has 0 spiro atoms. The summed E-state index contributed by atoms with van der Waals surface area (Å²) < 4.78 is 16.2. The second-order valence-corrected chi connectivity index (χ2v) is 7.73. The molecule has 0 unspecified atom stereocenters. The minimum absolute atomic E-state index is 0.298. The molecule has 0 bridgehead atoms. The van der Waals surface area contributed by atoms with Gasteiger partial charge in [-0.3, -0.25) is 4.79 Å². The van der Waals surface area contributed by atoms with Crippen molar-refractivity contribution in [3.8, 4) is 17.2 Å². The predicted octanol–water partition coefficient (Wildman–Crippen LogP) is 5.15. The number of methoxy groups -OCH3 is 2. The minimum Gasteiger partial charge on any atom is -0.493 e. The van der Waals surface area contributed by atoms with Crippen LogP contribution in [0, 0.1) is 6.92 Å². The highest BCUT2D eigenvalue weighted by atomic mass is 16.5. The van der Waals surface area contributed by atoms with Crippen molar-refractivity contribution in [3.05, 3.63) is 101 Å². The first kappa shape index (κ1) is 23.5. The molecule has 4 rings (SSSR count). The lowest BCUT2D eigenvalue weighted by Gasteiger charge is -2.12. The molecule has 0 aromatic heterocycles. The second-order valence-electron chi connectivity index (χ2n) is 7.73. The van der Waals surface area contributed by atoms with Crippen LogP contribution in [-0.2, 0) is 0 Å². The lowest BCUT2D eigenvalue weighted by atomic mass is 10.0. The van der Waals surface area contributed by atoms with Crippen LogP contribution in [0.5, 0.6) is 17.2 Å². The lowest BCUT2D eigenvalue weighted by Crippen LogP contribution is -2.18. The first-order chi connectivity index (χ1) is 17.0. The van der Waals surface area contributed by atoms with Gasteiger partial charge in [0.15, 0.2) is 11.5 Å². The van der Waals surface area contributed by atoms with Gasteiger partial charge in [-0.15, -0.1) is 0 Å². The van der Waals surface area contributed by atoms with Crippen molar-refractivity contribution < 1.29 is 23.8 Å². The van der Waals surface area contributed by atoms with Gasteiger partial charge in [-0.05, 0) is 54.1 Å². The fourth-order valence-corrected chi connectivity index (χ4v) is 3.63. The summed E-state index contributed by atoms with van der Waals surface area (Å²) in [5.41, 5.74) is 4.87. The van der Waals surface area contributed by atoms with Crippen molar-refractivity contribution in [2.45, 2.75) is 6.92 Å². The van der Waals surface area contributed by atoms with Crippen LogP contribution in [0.1, 0.15) is 31.8 Å². The number of carbonyl (C=O) groups is 2. The summed E-state index contributed by atoms with van der Waals surface area (Å²) in [6, 6.07) is 23.2. The molecule has 0 fully saturated rings. The molecule has 0 saturated carbocycles. The van der Waals surface area contributed by atoms with E-state index in [1.54, 1.807) is 36.4 Å². The monoisotopic (exact) mass is 468 g/mol. The van der Waals surface area contributed by atoms with E-state index in [4.69, 9.17) is 14.2 Å². The smallest absolute Gasteiger partial charge is 0.343 e. The molecule has 1 amide bonds. The van der Waals surface area contributed by atoms with Gasteiger partial charge in [-0.2, -0.15) is 5.10 Å². The Kier molecular flexibility index (Phi) is 7.07. The van der Waals surface area contributed by atoms with E-state index in [0.717, 1.165) is 16.3 Å². The fraction of sp³-hybridized carbons (Fsp3) is 0.107. The zero-order valence-corrected chi connectivity index (χ0v) is 19.6. The number of fused-ring (bicyclic) bond motifs is 1. The number of carbonyl (C=O) groups excluding carboxylic acids is 2. The third-order valence-corrected chi connectivity index (χ3v) is 5.39. The SMILES string of the molecule is COc1ccc(C(=O)Oc2ccc3ccccc3c2C=NNC(=O)c2cccc(C)c2)cc1OC. The van der Waals surface area contributed by atoms with E-state index < -0.39 is 5.97 Å². The molecule has 35 heavy (non-hydrogen) atoms. The topological polar surface area (TPSA) is 86.2 Å². The summed E-state index contributed by atoms with van der Waals surface area (Å²) in [5, 5.41) is 5.89. The van der Waals surface area contributed by atoms with E-state index in [2.05, 4.69) is 10.5 Å². The number of ether oxygens (including phenoxy) is 3. The van der Waals surface area contributed by atoms with E-state index in [-0.39, 0.29) is 5.91 Å². The van der Waals surface area contributed by atoms with Crippen LogP contribution in [-0.4, -0.2) is 32.3 Å². The Balaban J connectivity index is 1.63. The van der Waals surface area contributed by atoms with Crippen molar-refractivity contribution in [2.24, 2.45) is 5.10 Å². The Bertz CT molecular complexity index is 1430. The number of amides is 1. The van der Waals surface area contributed by atoms with Crippen molar-refractivity contribution in [1.29, 1.82) is 0 Å². The minimum atomic E-state index is -0.570. The highest BCUT2D eigenvalue weighted by molar-refractivity contribution is 6.04. The fourth-order valence-electron chi connectivity index (χ4n) is 3.63. The van der Waals surface area contributed by atoms with Crippen LogP contribution >= 0.6 is 0 Å². The van der Waals surface area contributed by atoms with Gasteiger partial charge in [0.1, 0.15) is 5.75 Å². The van der Waals surface area contributed by atoms with E-state index in [1.165, 1.54) is 20.4 Å². The highest BCUT2D eigenvalue weighted by Gasteiger charge is 2.16. The summed E-state index contributed by atoms with van der Waals surface area (Å²) in [4.78, 5) is 25.4. The number of nitrogens with zero attached hydrogens (tertiary/aromatic N) is 1. The molecule has 1 N–H and O–H groups in total. The number of hydrazone groups is 1. The molecule has 176 valence electrons. The van der Waals surface area contributed by atoms with Crippen LogP contribution < -0.4 is 19.6 Å². The molecular formula is C28H24N2O5. The van der Waals surface area contributed by atoms with Crippen LogP contribution in [0.3, 0.4) is 0 Å². The number of rotatable bonds is 7. The van der Waals surface area contributed by atoms with Crippen LogP contribution in [0.2, 0.25) is 0 Å². The number of esters is 1. The normalized spacial score (nSPS) is 10.8. The molecule has 7 heteroatoms. The Morgan fingerprint density at radius 1 is 0.800 bits per heavy atom. The van der Waals surface area contributed by atoms with Gasteiger partial charge in [0.05, 0.1) is 26.0 Å². The molecule has 4 aromatic carbocycles. The standard InChI is InChI=1S/C28H24N2O5/c1-18-7-6-9-20(15-18)27(31)30-29-17-23-22-10-5-4-8-19(22)11-13-24(23)35-28(32)21-12-14-25(33-2)26(16-21)34-3/h4-17H,1-3H3,(H,30,31). The number of hydrogen-bond acceptors (Lipinski definition) is 6. The molecule has 0 heterocycles. The number of aryl methyl sites for hydroxylation is 1. The molecule has 0 aliphatic rings. The number of nitrogens with one attached hydrogen (secondary N) is 1. The zero-order valence-electron chi connectivity index (χ0n) is 19.6. The van der Waals surface area contributed by atoms with Gasteiger partial charge in [0, 0.05) is 11.1 Å². The molecule has 0 saturated heterocycles. The van der Waals surface area contributed by atoms with Gasteiger partial charge >= 0.3 is 5.97 Å². The maximum Gasteiger partial charge on any atom is 0.343 e. The molecule has 0 aliphatic heterocycles. The second kappa shape index (κ2) is 10.5. The van der Waals surface area contributed by atoms with Crippen LogP contribution in [0.4, 0.5) is 0 Å². The average molecular weight is 469 g/mol. The van der Waals surface area contributed by atoms with Gasteiger partial charge in [0.25, 0.3) is 5.91 Å². The predicted molar refractivity (Wildman–Crippen MR) is 135 cm³/mol. The van der Waals surface area contributed by atoms with Crippen molar-refractivity contribution in [2.75, 3.05) is 14.2 Å². The first-order valence-electron chi connectivity index (χ1n) is 10.9. The highest BCUT2D eigenvalue weighted by Crippen LogP contribution is 2.30. The van der Waals surface area contributed by atoms with Crippen molar-refractivity contribution >= 4 is 28.9 Å². The van der Waals surface area contributed by atoms with Gasteiger partial charge in [0.2, 0.25) is 0 Å². The van der Waals surface area contributed by atoms with E-state index in [9.17, 15) is 9.59 Å². The molecule has 0 aliphatic carbocycles. The van der Waals surface area contributed by atoms with E-state index >= 15 is 0 Å². The third kappa shape index (κ3) is 5.30. The van der Waals surface area contributed by atoms with Gasteiger partial charge in [-0.25, -0.2) is 10.2 Å². The van der Waals surface area contributed by atoms with Gasteiger partial charge in [-0.1, -0.05) is 48.0 Å². The Hall–Kier alpha value is -4.65. The van der Waals surface area contributed by atoms with E-state index in [1.807, 2.05) is 49.4 Å². The summed E-state index contributed by atoms with van der Waals surface area (Å²) in [6.07, 6.45) is 1.48. The van der Waals surface area contributed by atoms with E-state index in [0.29, 0.717) is 33.9 Å². The lowest BCUT2D eigenvalue weighted by molar-refractivity contribution is 0.0734. The summed E-state index contributed by atoms with van der Waals surface area (Å²) in [7, 11) is 3.02. The molecule has 7 nitrogen and oxygen atoms in total. The molecule has 4 aromatic rings. The largest absolute Gasteiger partial charge is 0.493 e. The average Bonchev–Trinajstić information content (AvgIpc) is 2.89. The molecule has 0 atom stereocenters. The van der Waals surface area contributed by atoms with Crippen molar-refractivity contribution in [1.82, 2.24) is 5.43 Å². The van der Waals surface area contributed by atoms with Crippen LogP contribution in [0.15, 0.2) is 84.0 Å². The molecular weight excluding hydrogens is 444 g/mol. The maximum atomic E-state index is 12.9. The third-order valence-electron chi connectivity index (χ3n) is 5.39. The first-order valence-corrected chi connectivity index (χ1v) is 10.9. The zero-order chi connectivity index (χ0) is 24.8. The summed E-state index contributed by atoms with van der Waals surface area (Å²) >= 11 is 0. The number of hydrogen-bond donors (Lipinski definition) is 1. The quantitative estimate of drug-likeness (QED) is 0.175. The van der Waals surface area contributed by atoms with Crippen LogP contribution in [0.25, 0.3) is 10.8 Å². The summed E-state index contributed by atoms with van der Waals surface area (Å²) in [5.74, 6) is 0.318. The Labute approximate surface area is 202 Å². The maximum absolute atomic E-state index is 12.9. The Morgan fingerprint density at radius 3 is 2.34 bits per heavy atom. The number of benzene rings is 4. The molecule has 0 radical (unpaired) electrons. The van der Waals surface area contributed by atoms with Gasteiger partial charge < -0.3 is 14.2 Å². The summed E-state index contributed by atoms with van der Waals surface area (Å²) in [6.45, 7) is 1.91. The Morgan fingerprint density at radius 2 is 1.57 bits per heavy atom.